The monoisotopic (exact) mass is 492 g/mol. The molecule has 0 spiro atoms. The summed E-state index contributed by atoms with van der Waals surface area (Å²) >= 11 is 1.39. The normalized spacial score (nSPS) is 13.9. The van der Waals surface area contributed by atoms with Gasteiger partial charge in [-0.05, 0) is 40.1 Å². The van der Waals surface area contributed by atoms with Gasteiger partial charge in [0.05, 0.1) is 12.5 Å². The van der Waals surface area contributed by atoms with E-state index in [1.54, 1.807) is 6.07 Å². The van der Waals surface area contributed by atoms with Crippen LogP contribution < -0.4 is 10.6 Å². The molecule has 0 aliphatic heterocycles. The Morgan fingerprint density at radius 1 is 0.943 bits per heavy atom. The van der Waals surface area contributed by atoms with Crippen LogP contribution in [0.15, 0.2) is 66.0 Å². The van der Waals surface area contributed by atoms with Crippen LogP contribution in [0.3, 0.4) is 0 Å². The van der Waals surface area contributed by atoms with Crippen molar-refractivity contribution in [1.82, 2.24) is 10.6 Å². The molecule has 0 fully saturated rings. The van der Waals surface area contributed by atoms with Gasteiger partial charge in [-0.1, -0.05) is 61.5 Å². The summed E-state index contributed by atoms with van der Waals surface area (Å²) in [5.41, 5.74) is 4.57. The quantitative estimate of drug-likeness (QED) is 0.366. The van der Waals surface area contributed by atoms with Crippen LogP contribution in [0, 0.1) is 0 Å². The summed E-state index contributed by atoms with van der Waals surface area (Å²) in [6.07, 6.45) is -0.225. The Bertz CT molecular complexity index is 1150. The van der Waals surface area contributed by atoms with Crippen molar-refractivity contribution >= 4 is 29.3 Å². The van der Waals surface area contributed by atoms with Crippen molar-refractivity contribution in [3.63, 3.8) is 0 Å². The van der Waals surface area contributed by atoms with E-state index in [2.05, 4.69) is 34.9 Å². The topological polar surface area (TPSA) is 105 Å². The fraction of sp³-hybridized carbons (Fsp3) is 0.296. The van der Waals surface area contributed by atoms with Crippen LogP contribution in [0.1, 0.15) is 54.1 Å². The molecule has 1 aliphatic carbocycles. The fourth-order valence-electron chi connectivity index (χ4n) is 4.47. The highest BCUT2D eigenvalue weighted by Crippen LogP contribution is 2.44. The van der Waals surface area contributed by atoms with Gasteiger partial charge in [0, 0.05) is 23.3 Å². The number of ether oxygens (including phenoxy) is 1. The Balaban J connectivity index is 1.33. The molecule has 0 saturated carbocycles. The van der Waals surface area contributed by atoms with Crippen molar-refractivity contribution in [2.45, 2.75) is 44.2 Å². The van der Waals surface area contributed by atoms with Crippen molar-refractivity contribution in [2.75, 3.05) is 6.61 Å². The van der Waals surface area contributed by atoms with Gasteiger partial charge in [0.25, 0.3) is 0 Å². The maximum atomic E-state index is 12.6. The van der Waals surface area contributed by atoms with E-state index in [0.29, 0.717) is 6.42 Å². The molecule has 8 heteroatoms. The average Bonchev–Trinajstić information content (AvgIpc) is 3.49. The molecule has 1 aliphatic rings. The number of carbonyl (C=O) groups is 3. The van der Waals surface area contributed by atoms with Crippen LogP contribution in [0.4, 0.5) is 4.79 Å². The van der Waals surface area contributed by atoms with E-state index in [1.807, 2.05) is 42.6 Å². The summed E-state index contributed by atoms with van der Waals surface area (Å²) in [5.74, 6) is -1.36. The molecular formula is C27H28N2O5S. The lowest BCUT2D eigenvalue weighted by Crippen LogP contribution is -2.40. The van der Waals surface area contributed by atoms with Crippen molar-refractivity contribution in [1.29, 1.82) is 0 Å². The molecule has 182 valence electrons. The molecule has 4 rings (SSSR count). The van der Waals surface area contributed by atoms with Gasteiger partial charge in [-0.3, -0.25) is 9.59 Å². The number of rotatable bonds is 10. The first-order chi connectivity index (χ1) is 17.0. The number of amides is 2. The number of carboxylic acids is 1. The summed E-state index contributed by atoms with van der Waals surface area (Å²) in [5, 5.41) is 16.6. The molecule has 3 N–H and O–H groups in total. The third-order valence-corrected chi connectivity index (χ3v) is 7.18. The number of benzene rings is 2. The lowest BCUT2D eigenvalue weighted by Gasteiger charge is -2.20. The van der Waals surface area contributed by atoms with Gasteiger partial charge in [0.2, 0.25) is 5.91 Å². The number of thiophene rings is 1. The van der Waals surface area contributed by atoms with Crippen molar-refractivity contribution in [2.24, 2.45) is 0 Å². The second-order valence-corrected chi connectivity index (χ2v) is 9.49. The lowest BCUT2D eigenvalue weighted by atomic mass is 9.98. The minimum atomic E-state index is -0.993. The highest BCUT2D eigenvalue weighted by molar-refractivity contribution is 7.10. The molecule has 1 heterocycles. The number of fused-ring (bicyclic) bond motifs is 3. The van der Waals surface area contributed by atoms with Gasteiger partial charge in [-0.25, -0.2) is 4.79 Å². The smallest absolute Gasteiger partial charge is 0.407 e. The molecule has 0 saturated heterocycles. The zero-order chi connectivity index (χ0) is 24.8. The Morgan fingerprint density at radius 3 is 2.17 bits per heavy atom. The van der Waals surface area contributed by atoms with E-state index in [1.165, 1.54) is 11.3 Å². The van der Waals surface area contributed by atoms with Crippen LogP contribution in [0.25, 0.3) is 11.1 Å². The molecule has 35 heavy (non-hydrogen) atoms. The average molecular weight is 493 g/mol. The molecule has 2 amide bonds. The highest BCUT2D eigenvalue weighted by Gasteiger charge is 2.29. The minimum Gasteiger partial charge on any atom is -0.481 e. The van der Waals surface area contributed by atoms with Crippen LogP contribution in [-0.2, 0) is 14.3 Å². The van der Waals surface area contributed by atoms with Crippen LogP contribution in [0.5, 0.6) is 0 Å². The van der Waals surface area contributed by atoms with E-state index in [9.17, 15) is 19.5 Å². The second kappa shape index (κ2) is 11.2. The number of alkyl carbamates (subject to hydrolysis) is 1. The van der Waals surface area contributed by atoms with Gasteiger partial charge in [-0.2, -0.15) is 0 Å². The van der Waals surface area contributed by atoms with Gasteiger partial charge in [-0.15, -0.1) is 11.3 Å². The molecule has 2 atom stereocenters. The predicted molar refractivity (Wildman–Crippen MR) is 134 cm³/mol. The van der Waals surface area contributed by atoms with Crippen molar-refractivity contribution in [3.05, 3.63) is 82.0 Å². The first-order valence-corrected chi connectivity index (χ1v) is 12.5. The number of hydrogen-bond acceptors (Lipinski definition) is 5. The van der Waals surface area contributed by atoms with Gasteiger partial charge in [0.15, 0.2) is 0 Å². The summed E-state index contributed by atoms with van der Waals surface area (Å²) < 4.78 is 5.59. The molecule has 0 bridgehead atoms. The number of nitrogens with one attached hydrogen (secondary N) is 2. The largest absolute Gasteiger partial charge is 0.481 e. The van der Waals surface area contributed by atoms with E-state index >= 15 is 0 Å². The van der Waals surface area contributed by atoms with Crippen LogP contribution in [0.2, 0.25) is 0 Å². The summed E-state index contributed by atoms with van der Waals surface area (Å²) in [6, 6.07) is 18.8. The van der Waals surface area contributed by atoms with E-state index in [4.69, 9.17) is 4.74 Å². The summed E-state index contributed by atoms with van der Waals surface area (Å²) in [6.45, 7) is 2.07. The molecule has 0 radical (unpaired) electrons. The number of hydrogen-bond donors (Lipinski definition) is 3. The van der Waals surface area contributed by atoms with Crippen LogP contribution in [-0.4, -0.2) is 35.7 Å². The van der Waals surface area contributed by atoms with Crippen molar-refractivity contribution in [3.8, 4) is 11.1 Å². The first-order valence-electron chi connectivity index (χ1n) is 11.6. The third kappa shape index (κ3) is 5.89. The zero-order valence-electron chi connectivity index (χ0n) is 19.4. The molecule has 2 aromatic carbocycles. The molecule has 1 unspecified atom stereocenters. The van der Waals surface area contributed by atoms with Crippen molar-refractivity contribution < 1.29 is 24.2 Å². The summed E-state index contributed by atoms with van der Waals surface area (Å²) in [7, 11) is 0. The lowest BCUT2D eigenvalue weighted by molar-refractivity contribution is -0.137. The predicted octanol–water partition coefficient (Wildman–Crippen LogP) is 5.09. The number of carbonyl (C=O) groups excluding carboxylic acids is 2. The van der Waals surface area contributed by atoms with E-state index < -0.39 is 24.1 Å². The first kappa shape index (κ1) is 24.5. The fourth-order valence-corrected chi connectivity index (χ4v) is 5.25. The Labute approximate surface area is 208 Å². The van der Waals surface area contributed by atoms with Gasteiger partial charge >= 0.3 is 12.1 Å². The SMILES string of the molecule is CC[C@@H](CC(=O)NC(CC(=O)O)c1cccs1)NC(=O)OCC1c2ccccc2-c2ccccc21. The molecular weight excluding hydrogens is 464 g/mol. The minimum absolute atomic E-state index is 0.0300. The summed E-state index contributed by atoms with van der Waals surface area (Å²) in [4.78, 5) is 37.2. The Morgan fingerprint density at radius 2 is 1.60 bits per heavy atom. The maximum Gasteiger partial charge on any atom is 0.407 e. The standard InChI is InChI=1S/C27H28N2O5S/c1-2-17(14-25(30)29-23(15-26(31)32)24-12-7-13-35-24)28-27(33)34-16-22-20-10-5-3-8-18(20)19-9-4-6-11-21(19)22/h3-13,17,22-23H,2,14-16H2,1H3,(H,28,33)(H,29,30)(H,31,32)/t17-,23?/m0/s1. The zero-order valence-corrected chi connectivity index (χ0v) is 20.2. The van der Waals surface area contributed by atoms with Gasteiger partial charge in [0.1, 0.15) is 6.61 Å². The van der Waals surface area contributed by atoms with Crippen LogP contribution >= 0.6 is 11.3 Å². The molecule has 7 nitrogen and oxygen atoms in total. The third-order valence-electron chi connectivity index (χ3n) is 6.19. The molecule has 1 aromatic heterocycles. The molecule has 3 aromatic rings. The van der Waals surface area contributed by atoms with Gasteiger partial charge < -0.3 is 20.5 Å². The Kier molecular flexibility index (Phi) is 7.82. The second-order valence-electron chi connectivity index (χ2n) is 8.51. The number of carboxylic acid groups (broad SMARTS) is 1. The number of aliphatic carboxylic acids is 1. The maximum absolute atomic E-state index is 12.6. The Hall–Kier alpha value is -3.65. The van der Waals surface area contributed by atoms with E-state index in [-0.39, 0.29) is 31.3 Å². The highest BCUT2D eigenvalue weighted by atomic mass is 32.1. The van der Waals surface area contributed by atoms with E-state index in [0.717, 1.165) is 27.1 Å².